The van der Waals surface area contributed by atoms with E-state index >= 15 is 8.78 Å². The average Bonchev–Trinajstić information content (AvgIpc) is 3.08. The molecule has 0 aliphatic carbocycles. The van der Waals surface area contributed by atoms with Crippen LogP contribution in [0.15, 0.2) is 16.9 Å². The number of ether oxygens (including phenoxy) is 1. The van der Waals surface area contributed by atoms with Gasteiger partial charge in [0.15, 0.2) is 12.2 Å². The molecule has 34 heavy (non-hydrogen) atoms. The van der Waals surface area contributed by atoms with Gasteiger partial charge in [0, 0.05) is 37.7 Å². The molecule has 1 unspecified atom stereocenters. The number of aromatic nitrogens is 3. The molecule has 0 bridgehead atoms. The summed E-state index contributed by atoms with van der Waals surface area (Å²) in [7, 11) is 0. The second-order valence-electron chi connectivity index (χ2n) is 8.47. The van der Waals surface area contributed by atoms with E-state index in [1.165, 1.54) is 17.2 Å². The van der Waals surface area contributed by atoms with Crippen LogP contribution in [-0.2, 0) is 30.2 Å². The summed E-state index contributed by atoms with van der Waals surface area (Å²) in [6, 6.07) is 1.33. The number of aliphatic hydroxyl groups excluding tert-OH is 1. The van der Waals surface area contributed by atoms with E-state index in [1.54, 1.807) is 0 Å². The monoisotopic (exact) mass is 555 g/mol. The van der Waals surface area contributed by atoms with Gasteiger partial charge in [-0.05, 0) is 28.4 Å². The number of nitrogens with zero attached hydrogens (tertiary/aromatic N) is 4. The Morgan fingerprint density at radius 3 is 2.79 bits per heavy atom. The lowest BCUT2D eigenvalue weighted by atomic mass is 9.95. The summed E-state index contributed by atoms with van der Waals surface area (Å²) >= 11 is 2.96. The van der Waals surface area contributed by atoms with Gasteiger partial charge in [-0.1, -0.05) is 0 Å². The van der Waals surface area contributed by atoms with Gasteiger partial charge in [-0.25, -0.2) is 18.2 Å². The number of halogens is 6. The number of hydrogen-bond donors (Lipinski definition) is 3. The smallest absolute Gasteiger partial charge is 0.289 e. The Morgan fingerprint density at radius 1 is 1.29 bits per heavy atom. The van der Waals surface area contributed by atoms with E-state index in [2.05, 4.69) is 31.3 Å². The quantitative estimate of drug-likeness (QED) is 0.275. The molecule has 0 aromatic carbocycles. The molecule has 2 atom stereocenters. The van der Waals surface area contributed by atoms with Gasteiger partial charge in [-0.3, -0.25) is 9.58 Å². The normalized spacial score (nSPS) is 23.3. The van der Waals surface area contributed by atoms with Crippen molar-refractivity contribution in [1.29, 1.82) is 0 Å². The number of aliphatic hydroxyl groups is 2. The van der Waals surface area contributed by atoms with Crippen LogP contribution in [0.2, 0.25) is 0 Å². The Bertz CT molecular complexity index is 1040. The number of hydrogen-bond acceptors (Lipinski definition) is 7. The molecule has 4 heterocycles. The van der Waals surface area contributed by atoms with Crippen molar-refractivity contribution in [3.8, 4) is 0 Å². The highest BCUT2D eigenvalue weighted by molar-refractivity contribution is 9.10. The van der Waals surface area contributed by atoms with Gasteiger partial charge in [0.2, 0.25) is 0 Å². The Kier molecular flexibility index (Phi) is 7.16. The maximum atomic E-state index is 15.2. The summed E-state index contributed by atoms with van der Waals surface area (Å²) < 4.78 is 75.1. The Labute approximate surface area is 199 Å². The largest absolute Gasteiger partial charge is 0.386 e. The highest BCUT2D eigenvalue weighted by atomic mass is 79.9. The first-order valence-electron chi connectivity index (χ1n) is 10.5. The third-order valence-corrected chi connectivity index (χ3v) is 6.47. The molecule has 2 aliphatic rings. The fraction of sp³-hybridized carbons (Fsp3) is 0.600. The Hall–Kier alpha value is -1.87. The number of anilines is 1. The molecule has 4 rings (SSSR count). The lowest BCUT2D eigenvalue weighted by molar-refractivity contribution is -0.0927. The first-order valence-corrected chi connectivity index (χ1v) is 11.3. The standard InChI is InChI=1S/C20H23BrF5N5O3/c21-17-15(24)13(1-5-27-17)28-18(32)30-6-2-12-11(7-30)16-20(25,26)4-3-19(33,9-31(16)29-12)10-34-8-14(22)23/h1,5,14,18,32-33H,2-4,6-10H2,(H,27,28)/t18?,19-/m1/s1. The van der Waals surface area contributed by atoms with Crippen LogP contribution in [0.25, 0.3) is 0 Å². The second kappa shape index (κ2) is 9.64. The molecular weight excluding hydrogens is 533 g/mol. The molecular formula is C20H23BrF5N5O3. The van der Waals surface area contributed by atoms with Crippen molar-refractivity contribution in [3.05, 3.63) is 39.6 Å². The van der Waals surface area contributed by atoms with Crippen LogP contribution >= 0.6 is 15.9 Å². The Morgan fingerprint density at radius 2 is 2.06 bits per heavy atom. The summed E-state index contributed by atoms with van der Waals surface area (Å²) in [5.74, 6) is -4.06. The van der Waals surface area contributed by atoms with Crippen molar-refractivity contribution in [1.82, 2.24) is 19.7 Å². The van der Waals surface area contributed by atoms with Crippen LogP contribution in [0.4, 0.5) is 27.6 Å². The maximum Gasteiger partial charge on any atom is 0.289 e. The van der Waals surface area contributed by atoms with E-state index in [1.807, 2.05) is 0 Å². The number of rotatable bonds is 7. The predicted molar refractivity (Wildman–Crippen MR) is 113 cm³/mol. The minimum absolute atomic E-state index is 0.0202. The minimum Gasteiger partial charge on any atom is -0.386 e. The fourth-order valence-electron chi connectivity index (χ4n) is 4.26. The van der Waals surface area contributed by atoms with Crippen molar-refractivity contribution in [2.75, 3.05) is 25.1 Å². The van der Waals surface area contributed by atoms with Crippen molar-refractivity contribution in [2.24, 2.45) is 0 Å². The van der Waals surface area contributed by atoms with Crippen molar-refractivity contribution >= 4 is 21.6 Å². The molecule has 0 amide bonds. The SMILES string of the molecule is OC(Nc1ccnc(Br)c1F)N1CCc2nn3c(c2C1)C(F)(F)CC[C@](O)(COCC(F)F)C3. The first kappa shape index (κ1) is 25.2. The molecule has 0 spiro atoms. The molecule has 0 saturated carbocycles. The molecule has 188 valence electrons. The summed E-state index contributed by atoms with van der Waals surface area (Å²) in [5.41, 5.74) is -1.58. The zero-order valence-electron chi connectivity index (χ0n) is 17.8. The van der Waals surface area contributed by atoms with Crippen LogP contribution in [-0.4, -0.2) is 68.0 Å². The van der Waals surface area contributed by atoms with E-state index < -0.39 is 49.8 Å². The molecule has 3 N–H and O–H groups in total. The number of fused-ring (bicyclic) bond motifs is 3. The summed E-state index contributed by atoms with van der Waals surface area (Å²) in [6.45, 7) is -1.62. The van der Waals surface area contributed by atoms with E-state index in [0.717, 1.165) is 4.68 Å². The first-order chi connectivity index (χ1) is 16.0. The van der Waals surface area contributed by atoms with Crippen LogP contribution < -0.4 is 5.32 Å². The van der Waals surface area contributed by atoms with Gasteiger partial charge in [0.25, 0.3) is 12.3 Å². The van der Waals surface area contributed by atoms with Gasteiger partial charge in [-0.2, -0.15) is 13.9 Å². The van der Waals surface area contributed by atoms with Crippen molar-refractivity contribution in [3.63, 3.8) is 0 Å². The van der Waals surface area contributed by atoms with Crippen molar-refractivity contribution in [2.45, 2.75) is 56.7 Å². The lowest BCUT2D eigenvalue weighted by Gasteiger charge is -2.32. The zero-order valence-corrected chi connectivity index (χ0v) is 19.4. The second-order valence-corrected chi connectivity index (χ2v) is 9.22. The van der Waals surface area contributed by atoms with E-state index in [4.69, 9.17) is 4.74 Å². The molecule has 0 radical (unpaired) electrons. The fourth-order valence-corrected chi connectivity index (χ4v) is 4.59. The minimum atomic E-state index is -3.35. The van der Waals surface area contributed by atoms with Gasteiger partial charge in [-0.15, -0.1) is 0 Å². The predicted octanol–water partition coefficient (Wildman–Crippen LogP) is 2.82. The number of nitrogens with one attached hydrogen (secondary N) is 1. The molecule has 0 saturated heterocycles. The number of pyridine rings is 1. The van der Waals surface area contributed by atoms with E-state index in [-0.39, 0.29) is 54.0 Å². The molecule has 14 heteroatoms. The molecule has 2 aromatic rings. The molecule has 0 fully saturated rings. The van der Waals surface area contributed by atoms with Gasteiger partial charge < -0.3 is 20.3 Å². The lowest BCUT2D eigenvalue weighted by Crippen LogP contribution is -2.44. The molecule has 2 aromatic heterocycles. The van der Waals surface area contributed by atoms with Crippen LogP contribution in [0.1, 0.15) is 29.8 Å². The third-order valence-electron chi connectivity index (χ3n) is 5.92. The summed E-state index contributed by atoms with van der Waals surface area (Å²) in [5, 5.41) is 28.3. The highest BCUT2D eigenvalue weighted by Gasteiger charge is 2.47. The zero-order chi connectivity index (χ0) is 24.7. The van der Waals surface area contributed by atoms with Crippen LogP contribution in [0.3, 0.4) is 0 Å². The van der Waals surface area contributed by atoms with E-state index in [9.17, 15) is 23.4 Å². The average molecular weight is 556 g/mol. The van der Waals surface area contributed by atoms with Crippen LogP contribution in [0, 0.1) is 5.82 Å². The third kappa shape index (κ3) is 5.20. The Balaban J connectivity index is 1.55. The highest BCUT2D eigenvalue weighted by Crippen LogP contribution is 2.43. The van der Waals surface area contributed by atoms with E-state index in [0.29, 0.717) is 5.69 Å². The van der Waals surface area contributed by atoms with Gasteiger partial charge in [0.1, 0.15) is 22.5 Å². The molecule has 8 nitrogen and oxygen atoms in total. The van der Waals surface area contributed by atoms with Gasteiger partial charge in [0.05, 0.1) is 24.5 Å². The van der Waals surface area contributed by atoms with Gasteiger partial charge >= 0.3 is 0 Å². The van der Waals surface area contributed by atoms with Crippen molar-refractivity contribution < 1.29 is 36.9 Å². The molecule has 2 aliphatic heterocycles. The maximum absolute atomic E-state index is 15.2. The summed E-state index contributed by atoms with van der Waals surface area (Å²) in [6.07, 6.45) is -3.65. The summed E-state index contributed by atoms with van der Waals surface area (Å²) in [4.78, 5) is 5.20. The van der Waals surface area contributed by atoms with Crippen LogP contribution in [0.5, 0.6) is 0 Å². The topological polar surface area (TPSA) is 95.7 Å². The number of alkyl halides is 4.